The Morgan fingerprint density at radius 3 is 2.06 bits per heavy atom. The Balaban J connectivity index is 2.22. The number of nitrogens with zero attached hydrogens (tertiary/aromatic N) is 1. The third-order valence-corrected chi connectivity index (χ3v) is 6.16. The Hall–Kier alpha value is -3.39. The van der Waals surface area contributed by atoms with Crippen molar-refractivity contribution in [2.24, 2.45) is 0 Å². The normalized spacial score (nSPS) is 10.6. The molecular weight excluding hydrogens is 514 g/mol. The molecule has 0 saturated heterocycles. The quantitative estimate of drug-likeness (QED) is 0.324. The van der Waals surface area contributed by atoms with Crippen LogP contribution in [0, 0.1) is 20.8 Å². The van der Waals surface area contributed by atoms with Crippen molar-refractivity contribution in [3.8, 4) is 22.6 Å². The first-order chi connectivity index (χ1) is 16.7. The highest BCUT2D eigenvalue weighted by molar-refractivity contribution is 9.10. The van der Waals surface area contributed by atoms with E-state index in [2.05, 4.69) is 20.9 Å². The maximum atomic E-state index is 12.8. The Labute approximate surface area is 213 Å². The average molecular weight is 542 g/mol. The summed E-state index contributed by atoms with van der Waals surface area (Å²) in [5, 5.41) is 0. The lowest BCUT2D eigenvalue weighted by molar-refractivity contribution is 0.0599. The Morgan fingerprint density at radius 1 is 0.914 bits per heavy atom. The lowest BCUT2D eigenvalue weighted by atomic mass is 9.92. The van der Waals surface area contributed by atoms with Crippen LogP contribution in [-0.2, 0) is 16.1 Å². The lowest BCUT2D eigenvalue weighted by Crippen LogP contribution is -2.16. The van der Waals surface area contributed by atoms with E-state index in [1.54, 1.807) is 26.0 Å². The van der Waals surface area contributed by atoms with Gasteiger partial charge in [0.25, 0.3) is 0 Å². The molecule has 3 rings (SSSR count). The number of hydrogen-bond acceptors (Lipinski definition) is 7. The van der Waals surface area contributed by atoms with Gasteiger partial charge < -0.3 is 18.9 Å². The zero-order valence-corrected chi connectivity index (χ0v) is 22.2. The molecule has 0 saturated carbocycles. The highest BCUT2D eigenvalue weighted by Crippen LogP contribution is 2.43. The molecule has 0 radical (unpaired) electrons. The zero-order valence-electron chi connectivity index (χ0n) is 20.7. The van der Waals surface area contributed by atoms with Crippen LogP contribution in [0.4, 0.5) is 0 Å². The number of halogens is 1. The first-order valence-corrected chi connectivity index (χ1v) is 11.8. The van der Waals surface area contributed by atoms with Crippen molar-refractivity contribution >= 4 is 27.9 Å². The van der Waals surface area contributed by atoms with Crippen LogP contribution in [0.3, 0.4) is 0 Å². The molecule has 3 aromatic rings. The Morgan fingerprint density at radius 2 is 1.51 bits per heavy atom. The summed E-state index contributed by atoms with van der Waals surface area (Å²) in [5.74, 6) is -0.238. The van der Waals surface area contributed by atoms with E-state index < -0.39 is 11.9 Å². The van der Waals surface area contributed by atoms with Crippen molar-refractivity contribution < 1.29 is 28.5 Å². The molecule has 0 aliphatic carbocycles. The summed E-state index contributed by atoms with van der Waals surface area (Å²) in [6, 6.07) is 11.5. The maximum Gasteiger partial charge on any atom is 0.340 e. The number of carbonyl (C=O) groups is 2. The number of ether oxygens (including phenoxy) is 4. The second-order valence-electron chi connectivity index (χ2n) is 7.82. The number of hydrogen-bond donors (Lipinski definition) is 0. The molecule has 2 aromatic carbocycles. The van der Waals surface area contributed by atoms with Crippen LogP contribution in [-0.4, -0.2) is 37.7 Å². The molecule has 7 nitrogen and oxygen atoms in total. The summed E-state index contributed by atoms with van der Waals surface area (Å²) in [4.78, 5) is 29.9. The number of carbonyl (C=O) groups excluding carboxylic acids is 2. The number of methoxy groups -OCH3 is 2. The number of esters is 2. The van der Waals surface area contributed by atoms with Gasteiger partial charge in [0.2, 0.25) is 0 Å². The van der Waals surface area contributed by atoms with Crippen molar-refractivity contribution in [1.29, 1.82) is 0 Å². The van der Waals surface area contributed by atoms with E-state index in [0.717, 1.165) is 11.1 Å². The van der Waals surface area contributed by atoms with Gasteiger partial charge in [-0.2, -0.15) is 0 Å². The molecular formula is C27H28BrNO6. The fourth-order valence-electron chi connectivity index (χ4n) is 3.88. The zero-order chi connectivity index (χ0) is 25.7. The van der Waals surface area contributed by atoms with Crippen molar-refractivity contribution in [1.82, 2.24) is 4.98 Å². The van der Waals surface area contributed by atoms with E-state index in [9.17, 15) is 9.59 Å². The number of pyridine rings is 1. The number of aryl methyl sites for hydroxylation is 3. The van der Waals surface area contributed by atoms with Crippen molar-refractivity contribution in [3.63, 3.8) is 0 Å². The monoisotopic (exact) mass is 541 g/mol. The Bertz CT molecular complexity index is 1230. The topological polar surface area (TPSA) is 84.0 Å². The highest BCUT2D eigenvalue weighted by atomic mass is 79.9. The second kappa shape index (κ2) is 11.4. The largest absolute Gasteiger partial charge is 0.490 e. The first kappa shape index (κ1) is 26.2. The van der Waals surface area contributed by atoms with Gasteiger partial charge in [-0.25, -0.2) is 9.59 Å². The predicted molar refractivity (Wildman–Crippen MR) is 136 cm³/mol. The predicted octanol–water partition coefficient (Wildman–Crippen LogP) is 5.99. The smallest absolute Gasteiger partial charge is 0.340 e. The van der Waals surface area contributed by atoms with Gasteiger partial charge in [0.05, 0.1) is 47.8 Å². The first-order valence-electron chi connectivity index (χ1n) is 11.0. The molecule has 0 fully saturated rings. The van der Waals surface area contributed by atoms with E-state index in [1.165, 1.54) is 14.2 Å². The Kier molecular flexibility index (Phi) is 8.51. The van der Waals surface area contributed by atoms with Crippen molar-refractivity contribution in [2.75, 3.05) is 20.8 Å². The minimum Gasteiger partial charge on any atom is -0.490 e. The van der Waals surface area contributed by atoms with E-state index >= 15 is 0 Å². The van der Waals surface area contributed by atoms with Crippen LogP contribution in [0.2, 0.25) is 0 Å². The fraction of sp³-hybridized carbons (Fsp3) is 0.296. The molecule has 0 aliphatic rings. The SMILES string of the molecule is CCOc1cc(-c2c(C(=O)OC)c(C)nc(C)c2C(=O)OC)cc(Br)c1OCc1ccccc1C. The molecule has 0 bridgehead atoms. The summed E-state index contributed by atoms with van der Waals surface area (Å²) >= 11 is 3.60. The number of benzene rings is 2. The summed E-state index contributed by atoms with van der Waals surface area (Å²) < 4.78 is 22.7. The van der Waals surface area contributed by atoms with Gasteiger partial charge in [-0.1, -0.05) is 24.3 Å². The summed E-state index contributed by atoms with van der Waals surface area (Å²) in [6.07, 6.45) is 0. The van der Waals surface area contributed by atoms with Gasteiger partial charge >= 0.3 is 11.9 Å². The fourth-order valence-corrected chi connectivity index (χ4v) is 4.44. The van der Waals surface area contributed by atoms with Crippen LogP contribution >= 0.6 is 15.9 Å². The minimum absolute atomic E-state index is 0.182. The van der Waals surface area contributed by atoms with Gasteiger partial charge in [-0.15, -0.1) is 0 Å². The third-order valence-electron chi connectivity index (χ3n) is 5.57. The molecule has 0 N–H and O–H groups in total. The van der Waals surface area contributed by atoms with Crippen LogP contribution < -0.4 is 9.47 Å². The summed E-state index contributed by atoms with van der Waals surface area (Å²) in [6.45, 7) is 8.02. The van der Waals surface area contributed by atoms with Crippen LogP contribution in [0.1, 0.15) is 50.2 Å². The molecule has 0 unspecified atom stereocenters. The van der Waals surface area contributed by atoms with E-state index in [1.807, 2.05) is 38.1 Å². The molecule has 1 heterocycles. The molecule has 8 heteroatoms. The van der Waals surface area contributed by atoms with E-state index in [4.69, 9.17) is 18.9 Å². The van der Waals surface area contributed by atoms with Gasteiger partial charge in [0.1, 0.15) is 6.61 Å². The average Bonchev–Trinajstić information content (AvgIpc) is 2.83. The van der Waals surface area contributed by atoms with Crippen molar-refractivity contribution in [2.45, 2.75) is 34.3 Å². The summed E-state index contributed by atoms with van der Waals surface area (Å²) in [5.41, 5.74) is 4.32. The van der Waals surface area contributed by atoms with Crippen LogP contribution in [0.25, 0.3) is 11.1 Å². The minimum atomic E-state index is -0.607. The molecule has 0 spiro atoms. The van der Waals surface area contributed by atoms with Crippen LogP contribution in [0.5, 0.6) is 11.5 Å². The number of aromatic nitrogens is 1. The van der Waals surface area contributed by atoms with Crippen LogP contribution in [0.15, 0.2) is 40.9 Å². The van der Waals surface area contributed by atoms with Crippen molar-refractivity contribution in [3.05, 3.63) is 74.5 Å². The summed E-state index contributed by atoms with van der Waals surface area (Å²) in [7, 11) is 2.57. The van der Waals surface area contributed by atoms with Gasteiger partial charge in [-0.05, 0) is 72.4 Å². The molecule has 184 valence electrons. The standard InChI is InChI=1S/C27H28BrNO6/c1-7-34-21-13-19(12-20(28)25(21)35-14-18-11-9-8-10-15(18)2)24-22(26(30)32-5)16(3)29-17(4)23(24)27(31)33-6/h8-13H,7,14H2,1-6H3. The molecule has 0 aliphatic heterocycles. The molecule has 1 aromatic heterocycles. The maximum absolute atomic E-state index is 12.8. The van der Waals surface area contributed by atoms with Gasteiger partial charge in [0.15, 0.2) is 11.5 Å². The second-order valence-corrected chi connectivity index (χ2v) is 8.68. The third kappa shape index (κ3) is 5.48. The number of rotatable bonds is 8. The van der Waals surface area contributed by atoms with E-state index in [0.29, 0.717) is 51.7 Å². The van der Waals surface area contributed by atoms with E-state index in [-0.39, 0.29) is 11.1 Å². The van der Waals surface area contributed by atoms with Gasteiger partial charge in [-0.3, -0.25) is 4.98 Å². The molecule has 0 atom stereocenters. The van der Waals surface area contributed by atoms with Gasteiger partial charge in [0, 0.05) is 5.56 Å². The molecule has 0 amide bonds. The lowest BCUT2D eigenvalue weighted by Gasteiger charge is -2.20. The molecule has 35 heavy (non-hydrogen) atoms. The highest BCUT2D eigenvalue weighted by Gasteiger charge is 2.28.